The Morgan fingerprint density at radius 2 is 2.03 bits per heavy atom. The fourth-order valence-corrected chi connectivity index (χ4v) is 5.16. The molecule has 4 rings (SSSR count). The SMILES string of the molecule is C=CCCC(=O)N(Cc1ccccc1F)[C@@H]1C=C(C(=O)NCCO)[C@@H]2c3cc(CO)cc(OC)c3O[C@@H]2[C@H]1O. The number of aliphatic hydroxyl groups excluding tert-OH is 3. The highest BCUT2D eigenvalue weighted by Crippen LogP contribution is 2.51. The first-order valence-corrected chi connectivity index (χ1v) is 12.8. The zero-order valence-electron chi connectivity index (χ0n) is 21.7. The van der Waals surface area contributed by atoms with Crippen LogP contribution in [0.15, 0.2) is 60.7 Å². The van der Waals surface area contributed by atoms with Crippen LogP contribution >= 0.6 is 0 Å². The average molecular weight is 541 g/mol. The summed E-state index contributed by atoms with van der Waals surface area (Å²) >= 11 is 0. The fourth-order valence-electron chi connectivity index (χ4n) is 5.16. The number of hydrogen-bond acceptors (Lipinski definition) is 7. The maximum absolute atomic E-state index is 14.6. The first-order valence-electron chi connectivity index (χ1n) is 12.8. The van der Waals surface area contributed by atoms with Crippen molar-refractivity contribution in [1.29, 1.82) is 0 Å². The van der Waals surface area contributed by atoms with Gasteiger partial charge in [0, 0.05) is 36.2 Å². The summed E-state index contributed by atoms with van der Waals surface area (Å²) in [4.78, 5) is 28.1. The fraction of sp³-hybridized carbons (Fsp3) is 0.379. The molecule has 10 heteroatoms. The van der Waals surface area contributed by atoms with Crippen molar-refractivity contribution in [1.82, 2.24) is 10.2 Å². The predicted octanol–water partition coefficient (Wildman–Crippen LogP) is 1.94. The van der Waals surface area contributed by atoms with Crippen LogP contribution in [0, 0.1) is 5.82 Å². The first kappa shape index (κ1) is 28.3. The zero-order chi connectivity index (χ0) is 28.1. The minimum absolute atomic E-state index is 0.00823. The van der Waals surface area contributed by atoms with Gasteiger partial charge in [0.2, 0.25) is 11.8 Å². The van der Waals surface area contributed by atoms with Crippen LogP contribution in [0.3, 0.4) is 0 Å². The molecule has 0 unspecified atom stereocenters. The number of carbonyl (C=O) groups is 2. The van der Waals surface area contributed by atoms with E-state index in [9.17, 15) is 29.3 Å². The number of fused-ring (bicyclic) bond motifs is 3. The molecule has 1 aliphatic carbocycles. The van der Waals surface area contributed by atoms with E-state index in [4.69, 9.17) is 9.47 Å². The molecule has 0 saturated carbocycles. The van der Waals surface area contributed by atoms with E-state index >= 15 is 0 Å². The molecule has 0 bridgehead atoms. The molecule has 208 valence electrons. The number of methoxy groups -OCH3 is 1. The molecule has 0 fully saturated rings. The van der Waals surface area contributed by atoms with E-state index in [2.05, 4.69) is 11.9 Å². The van der Waals surface area contributed by atoms with Crippen LogP contribution in [-0.4, -0.2) is 70.5 Å². The molecule has 2 amide bonds. The van der Waals surface area contributed by atoms with E-state index in [-0.39, 0.29) is 49.8 Å². The minimum Gasteiger partial charge on any atom is -0.493 e. The normalized spacial score (nSPS) is 21.2. The summed E-state index contributed by atoms with van der Waals surface area (Å²) in [7, 11) is 1.44. The number of nitrogens with one attached hydrogen (secondary N) is 1. The van der Waals surface area contributed by atoms with E-state index in [1.54, 1.807) is 36.4 Å². The van der Waals surface area contributed by atoms with Crippen LogP contribution in [0.2, 0.25) is 0 Å². The summed E-state index contributed by atoms with van der Waals surface area (Å²) in [5, 5.41) is 33.3. The van der Waals surface area contributed by atoms with Gasteiger partial charge >= 0.3 is 0 Å². The summed E-state index contributed by atoms with van der Waals surface area (Å²) in [5.74, 6) is -1.46. The van der Waals surface area contributed by atoms with Crippen molar-refractivity contribution in [3.63, 3.8) is 0 Å². The Hall–Kier alpha value is -3.73. The van der Waals surface area contributed by atoms with Gasteiger partial charge in [-0.15, -0.1) is 6.58 Å². The van der Waals surface area contributed by atoms with E-state index in [0.29, 0.717) is 29.0 Å². The maximum Gasteiger partial charge on any atom is 0.247 e. The molecule has 0 saturated heterocycles. The van der Waals surface area contributed by atoms with Crippen LogP contribution in [0.4, 0.5) is 4.39 Å². The third-order valence-corrected chi connectivity index (χ3v) is 7.04. The van der Waals surface area contributed by atoms with E-state index < -0.39 is 35.9 Å². The zero-order valence-corrected chi connectivity index (χ0v) is 21.7. The Kier molecular flexibility index (Phi) is 9.01. The highest BCUT2D eigenvalue weighted by atomic mass is 19.1. The van der Waals surface area contributed by atoms with Crippen LogP contribution in [0.5, 0.6) is 11.5 Å². The molecule has 2 aromatic rings. The number of benzene rings is 2. The van der Waals surface area contributed by atoms with E-state index in [0.717, 1.165) is 0 Å². The number of halogens is 1. The van der Waals surface area contributed by atoms with Crippen LogP contribution in [0.25, 0.3) is 0 Å². The number of carbonyl (C=O) groups excluding carboxylic acids is 2. The van der Waals surface area contributed by atoms with E-state index in [1.165, 1.54) is 24.2 Å². The highest BCUT2D eigenvalue weighted by Gasteiger charge is 2.51. The van der Waals surface area contributed by atoms with Crippen LogP contribution in [0.1, 0.15) is 35.4 Å². The summed E-state index contributed by atoms with van der Waals surface area (Å²) in [5.41, 5.74) is 1.55. The number of aliphatic hydroxyl groups is 3. The van der Waals surface area contributed by atoms with Gasteiger partial charge in [0.05, 0.1) is 32.3 Å². The lowest BCUT2D eigenvalue weighted by molar-refractivity contribution is -0.138. The molecule has 0 radical (unpaired) electrons. The molecule has 4 atom stereocenters. The minimum atomic E-state index is -1.29. The summed E-state index contributed by atoms with van der Waals surface area (Å²) in [6, 6.07) is 8.32. The van der Waals surface area contributed by atoms with Gasteiger partial charge in [0.15, 0.2) is 11.5 Å². The largest absolute Gasteiger partial charge is 0.493 e. The molecular weight excluding hydrogens is 507 g/mol. The molecule has 39 heavy (non-hydrogen) atoms. The van der Waals surface area contributed by atoms with Gasteiger partial charge in [-0.25, -0.2) is 4.39 Å². The number of hydrogen-bond donors (Lipinski definition) is 4. The number of allylic oxidation sites excluding steroid dienone is 1. The van der Waals surface area contributed by atoms with Gasteiger partial charge in [-0.2, -0.15) is 0 Å². The van der Waals surface area contributed by atoms with Crippen molar-refractivity contribution in [3.05, 3.63) is 83.2 Å². The van der Waals surface area contributed by atoms with Crippen molar-refractivity contribution < 1.29 is 38.8 Å². The second kappa shape index (κ2) is 12.4. The van der Waals surface area contributed by atoms with Gasteiger partial charge in [-0.05, 0) is 36.3 Å². The van der Waals surface area contributed by atoms with Crippen molar-refractivity contribution in [2.45, 2.75) is 50.2 Å². The smallest absolute Gasteiger partial charge is 0.247 e. The first-order chi connectivity index (χ1) is 18.8. The Bertz CT molecular complexity index is 1260. The Morgan fingerprint density at radius 3 is 2.69 bits per heavy atom. The lowest BCUT2D eigenvalue weighted by Crippen LogP contribution is -2.55. The summed E-state index contributed by atoms with van der Waals surface area (Å²) in [6.45, 7) is 2.95. The summed E-state index contributed by atoms with van der Waals surface area (Å²) < 4.78 is 26.3. The number of nitrogens with zero attached hydrogens (tertiary/aromatic N) is 1. The molecule has 9 nitrogen and oxygen atoms in total. The quantitative estimate of drug-likeness (QED) is 0.321. The number of rotatable bonds is 11. The molecule has 1 heterocycles. The Balaban J connectivity index is 1.82. The Morgan fingerprint density at radius 1 is 1.26 bits per heavy atom. The molecule has 0 spiro atoms. The summed E-state index contributed by atoms with van der Waals surface area (Å²) in [6.07, 6.45) is 1.28. The van der Waals surface area contributed by atoms with E-state index in [1.807, 2.05) is 0 Å². The van der Waals surface area contributed by atoms with Crippen LogP contribution in [-0.2, 0) is 22.7 Å². The topological polar surface area (TPSA) is 129 Å². The van der Waals surface area contributed by atoms with Gasteiger partial charge in [-0.3, -0.25) is 9.59 Å². The monoisotopic (exact) mass is 540 g/mol. The molecule has 2 aliphatic rings. The van der Waals surface area contributed by atoms with Crippen molar-refractivity contribution in [2.75, 3.05) is 20.3 Å². The van der Waals surface area contributed by atoms with Gasteiger partial charge in [0.25, 0.3) is 0 Å². The Labute approximate surface area is 226 Å². The molecule has 4 N–H and O–H groups in total. The number of amides is 2. The second-order valence-electron chi connectivity index (χ2n) is 9.46. The lowest BCUT2D eigenvalue weighted by Gasteiger charge is -2.40. The molecule has 0 aromatic heterocycles. The van der Waals surface area contributed by atoms with Crippen molar-refractivity contribution in [2.24, 2.45) is 0 Å². The van der Waals surface area contributed by atoms with Crippen LogP contribution < -0.4 is 14.8 Å². The highest BCUT2D eigenvalue weighted by molar-refractivity contribution is 5.96. The predicted molar refractivity (Wildman–Crippen MR) is 140 cm³/mol. The third-order valence-electron chi connectivity index (χ3n) is 7.04. The maximum atomic E-state index is 14.6. The molecule has 2 aromatic carbocycles. The molecule has 1 aliphatic heterocycles. The van der Waals surface area contributed by atoms with Gasteiger partial charge in [-0.1, -0.05) is 24.3 Å². The van der Waals surface area contributed by atoms with Gasteiger partial charge in [0.1, 0.15) is 18.0 Å². The lowest BCUT2D eigenvalue weighted by atomic mass is 9.77. The standard InChI is InChI=1S/C29H33FN2O7/c1-3-4-9-24(35)32(15-18-7-5-6-8-21(18)30)22-14-20(29(37)31-10-11-33)25-19-12-17(16-34)13-23(38-2)27(19)39-28(25)26(22)36/h3,5-8,12-14,22,25-26,28,33-34,36H,1,4,9-11,15-16H2,2H3,(H,31,37)/t22-,25+,26+,28+/m1/s1. The molecular formula is C29H33FN2O7. The number of ether oxygens (including phenoxy) is 2. The average Bonchev–Trinajstić information content (AvgIpc) is 3.34. The van der Waals surface area contributed by atoms with Crippen molar-refractivity contribution >= 4 is 11.8 Å². The third kappa shape index (κ3) is 5.68. The van der Waals surface area contributed by atoms with Crippen molar-refractivity contribution in [3.8, 4) is 11.5 Å². The van der Waals surface area contributed by atoms with Gasteiger partial charge < -0.3 is 35.0 Å². The second-order valence-corrected chi connectivity index (χ2v) is 9.46.